The number of likely N-dealkylation sites (N-methyl/N-ethyl adjacent to an activating group) is 1. The molecular formula is C8H19ClN2O2S. The van der Waals surface area contributed by atoms with E-state index in [9.17, 15) is 8.42 Å². The van der Waals surface area contributed by atoms with Crippen molar-refractivity contribution < 1.29 is 8.42 Å². The molecule has 0 spiro atoms. The minimum atomic E-state index is -3.25. The van der Waals surface area contributed by atoms with E-state index in [-0.39, 0.29) is 5.21 Å². The normalized spacial score (nSPS) is 12.7. The van der Waals surface area contributed by atoms with Crippen molar-refractivity contribution in [2.24, 2.45) is 0 Å². The third kappa shape index (κ3) is 5.14. The SMILES string of the molecule is CCCN(CCN(C)C)S(=O)(=O)CCl. The summed E-state index contributed by atoms with van der Waals surface area (Å²) in [6.07, 6.45) is 0.809. The van der Waals surface area contributed by atoms with Crippen LogP contribution in [0.1, 0.15) is 13.3 Å². The maximum absolute atomic E-state index is 11.5. The number of rotatable bonds is 7. The molecule has 0 aliphatic rings. The van der Waals surface area contributed by atoms with E-state index in [4.69, 9.17) is 11.6 Å². The first-order valence-corrected chi connectivity index (χ1v) is 6.77. The monoisotopic (exact) mass is 242 g/mol. The molecule has 0 bridgehead atoms. The van der Waals surface area contributed by atoms with E-state index in [0.29, 0.717) is 13.1 Å². The maximum atomic E-state index is 11.5. The Bertz CT molecular complexity index is 242. The van der Waals surface area contributed by atoms with Crippen molar-refractivity contribution >= 4 is 21.6 Å². The summed E-state index contributed by atoms with van der Waals surface area (Å²) in [4.78, 5) is 1.95. The molecule has 0 radical (unpaired) electrons. The standard InChI is InChI=1S/C8H19ClN2O2S/c1-4-5-11(7-6-10(2)3)14(12,13)8-9/h4-8H2,1-3H3. The zero-order valence-electron chi connectivity index (χ0n) is 9.03. The average molecular weight is 243 g/mol. The molecule has 0 saturated heterocycles. The minimum absolute atomic E-state index is 0.333. The van der Waals surface area contributed by atoms with Gasteiger partial charge in [0.25, 0.3) is 0 Å². The highest BCUT2D eigenvalue weighted by molar-refractivity contribution is 7.90. The van der Waals surface area contributed by atoms with E-state index in [1.807, 2.05) is 25.9 Å². The number of alkyl halides is 1. The van der Waals surface area contributed by atoms with Gasteiger partial charge in [-0.15, -0.1) is 11.6 Å². The topological polar surface area (TPSA) is 40.6 Å². The molecule has 0 amide bonds. The molecule has 14 heavy (non-hydrogen) atoms. The molecule has 0 unspecified atom stereocenters. The van der Waals surface area contributed by atoms with Crippen LogP contribution in [0, 0.1) is 0 Å². The van der Waals surface area contributed by atoms with Gasteiger partial charge in [-0.2, -0.15) is 4.31 Å². The van der Waals surface area contributed by atoms with Gasteiger partial charge in [0.15, 0.2) is 0 Å². The Balaban J connectivity index is 4.29. The van der Waals surface area contributed by atoms with E-state index < -0.39 is 10.0 Å². The molecule has 0 saturated carbocycles. The molecule has 0 aromatic carbocycles. The summed E-state index contributed by atoms with van der Waals surface area (Å²) in [5, 5.41) is -0.333. The Kier molecular flexibility index (Phi) is 6.68. The van der Waals surface area contributed by atoms with Crippen molar-refractivity contribution in [1.29, 1.82) is 0 Å². The van der Waals surface area contributed by atoms with Gasteiger partial charge in [-0.25, -0.2) is 8.42 Å². The molecule has 86 valence electrons. The second-order valence-electron chi connectivity index (χ2n) is 3.42. The predicted octanol–water partition coefficient (Wildman–Crippen LogP) is 0.786. The molecule has 4 nitrogen and oxygen atoms in total. The Labute approximate surface area is 91.9 Å². The molecule has 0 aliphatic carbocycles. The summed E-state index contributed by atoms with van der Waals surface area (Å²) >= 11 is 5.40. The fraction of sp³-hybridized carbons (Fsp3) is 1.00. The Morgan fingerprint density at radius 2 is 1.71 bits per heavy atom. The lowest BCUT2D eigenvalue weighted by molar-refractivity contribution is 0.334. The van der Waals surface area contributed by atoms with Gasteiger partial charge in [0.2, 0.25) is 10.0 Å². The van der Waals surface area contributed by atoms with Crippen LogP contribution in [0.4, 0.5) is 0 Å². The lowest BCUT2D eigenvalue weighted by Crippen LogP contribution is -2.37. The highest BCUT2D eigenvalue weighted by Crippen LogP contribution is 2.04. The Morgan fingerprint density at radius 1 is 1.14 bits per heavy atom. The fourth-order valence-corrected chi connectivity index (χ4v) is 2.39. The summed E-state index contributed by atoms with van der Waals surface area (Å²) in [7, 11) is 0.582. The molecule has 0 aromatic rings. The van der Waals surface area contributed by atoms with Crippen molar-refractivity contribution in [2.75, 3.05) is 38.9 Å². The Morgan fingerprint density at radius 3 is 2.07 bits per heavy atom. The largest absolute Gasteiger partial charge is 0.308 e. The first-order chi connectivity index (χ1) is 6.44. The molecule has 0 aliphatic heterocycles. The van der Waals surface area contributed by atoms with Crippen molar-refractivity contribution in [3.8, 4) is 0 Å². The fourth-order valence-electron chi connectivity index (χ4n) is 1.02. The highest BCUT2D eigenvalue weighted by atomic mass is 35.5. The molecule has 0 rings (SSSR count). The van der Waals surface area contributed by atoms with E-state index in [0.717, 1.165) is 13.0 Å². The van der Waals surface area contributed by atoms with Crippen LogP contribution in [-0.4, -0.2) is 56.6 Å². The summed E-state index contributed by atoms with van der Waals surface area (Å²) < 4.78 is 24.4. The molecule has 0 atom stereocenters. The Hall–Kier alpha value is 0.160. The summed E-state index contributed by atoms with van der Waals surface area (Å²) in [5.74, 6) is 0. The highest BCUT2D eigenvalue weighted by Gasteiger charge is 2.19. The van der Waals surface area contributed by atoms with E-state index >= 15 is 0 Å². The van der Waals surface area contributed by atoms with Crippen LogP contribution >= 0.6 is 11.6 Å². The summed E-state index contributed by atoms with van der Waals surface area (Å²) in [6.45, 7) is 3.72. The number of sulfonamides is 1. The van der Waals surface area contributed by atoms with E-state index in [2.05, 4.69) is 0 Å². The number of halogens is 1. The number of hydrogen-bond donors (Lipinski definition) is 0. The van der Waals surface area contributed by atoms with E-state index in [1.54, 1.807) is 0 Å². The van der Waals surface area contributed by atoms with Gasteiger partial charge in [0, 0.05) is 19.6 Å². The maximum Gasteiger partial charge on any atom is 0.228 e. The quantitative estimate of drug-likeness (QED) is 0.620. The number of nitrogens with zero attached hydrogens (tertiary/aromatic N) is 2. The van der Waals surface area contributed by atoms with Crippen LogP contribution in [0.3, 0.4) is 0 Å². The van der Waals surface area contributed by atoms with Crippen LogP contribution < -0.4 is 0 Å². The summed E-state index contributed by atoms with van der Waals surface area (Å²) in [5.41, 5.74) is 0. The smallest absolute Gasteiger partial charge is 0.228 e. The molecule has 0 N–H and O–H groups in total. The summed E-state index contributed by atoms with van der Waals surface area (Å²) in [6, 6.07) is 0. The average Bonchev–Trinajstić information content (AvgIpc) is 2.11. The minimum Gasteiger partial charge on any atom is -0.308 e. The third-order valence-corrected chi connectivity index (χ3v) is 4.06. The molecule has 0 heterocycles. The van der Waals surface area contributed by atoms with Gasteiger partial charge in [-0.05, 0) is 20.5 Å². The van der Waals surface area contributed by atoms with Gasteiger partial charge in [-0.3, -0.25) is 0 Å². The first kappa shape index (κ1) is 14.2. The number of hydrogen-bond acceptors (Lipinski definition) is 3. The van der Waals surface area contributed by atoms with Gasteiger partial charge < -0.3 is 4.90 Å². The lowest BCUT2D eigenvalue weighted by atomic mass is 10.4. The van der Waals surface area contributed by atoms with Gasteiger partial charge in [0.05, 0.1) is 0 Å². The van der Waals surface area contributed by atoms with Crippen molar-refractivity contribution in [3.05, 3.63) is 0 Å². The molecule has 0 fully saturated rings. The van der Waals surface area contributed by atoms with Crippen LogP contribution in [0.25, 0.3) is 0 Å². The van der Waals surface area contributed by atoms with Gasteiger partial charge >= 0.3 is 0 Å². The van der Waals surface area contributed by atoms with Crippen molar-refractivity contribution in [3.63, 3.8) is 0 Å². The zero-order chi connectivity index (χ0) is 11.2. The van der Waals surface area contributed by atoms with Crippen LogP contribution in [0.5, 0.6) is 0 Å². The molecule has 6 heteroatoms. The second-order valence-corrected chi connectivity index (χ2v) is 5.98. The molecular weight excluding hydrogens is 224 g/mol. The first-order valence-electron chi connectivity index (χ1n) is 4.62. The zero-order valence-corrected chi connectivity index (χ0v) is 10.6. The molecule has 0 aromatic heterocycles. The van der Waals surface area contributed by atoms with Crippen LogP contribution in [0.2, 0.25) is 0 Å². The van der Waals surface area contributed by atoms with E-state index in [1.165, 1.54) is 4.31 Å². The van der Waals surface area contributed by atoms with Crippen molar-refractivity contribution in [1.82, 2.24) is 9.21 Å². The third-order valence-electron chi connectivity index (χ3n) is 1.80. The second kappa shape index (κ2) is 6.61. The predicted molar refractivity (Wildman–Crippen MR) is 60.1 cm³/mol. The van der Waals surface area contributed by atoms with Crippen molar-refractivity contribution in [2.45, 2.75) is 13.3 Å². The van der Waals surface area contributed by atoms with Gasteiger partial charge in [-0.1, -0.05) is 6.92 Å². The van der Waals surface area contributed by atoms with Crippen LogP contribution in [0.15, 0.2) is 0 Å². The van der Waals surface area contributed by atoms with Gasteiger partial charge in [0.1, 0.15) is 5.21 Å². The van der Waals surface area contributed by atoms with Crippen LogP contribution in [-0.2, 0) is 10.0 Å². The lowest BCUT2D eigenvalue weighted by Gasteiger charge is -2.21.